The first kappa shape index (κ1) is 18.4. The van der Waals surface area contributed by atoms with Crippen LogP contribution in [0.1, 0.15) is 48.5 Å². The molecule has 0 unspecified atom stereocenters. The van der Waals surface area contributed by atoms with Gasteiger partial charge in [-0.25, -0.2) is 0 Å². The summed E-state index contributed by atoms with van der Waals surface area (Å²) in [5.74, 6) is -0.823. The van der Waals surface area contributed by atoms with Gasteiger partial charge in [0.25, 0.3) is 0 Å². The van der Waals surface area contributed by atoms with Crippen molar-refractivity contribution in [3.8, 4) is 0 Å². The number of hydrogen-bond acceptors (Lipinski definition) is 6. The minimum absolute atomic E-state index is 0.348. The number of carbonyl (C=O) groups is 1. The molecule has 6 nitrogen and oxygen atoms in total. The normalized spacial score (nSPS) is 33.0. The molecule has 0 aromatic heterocycles. The molecule has 0 amide bonds. The summed E-state index contributed by atoms with van der Waals surface area (Å²) in [4.78, 5) is 11.8. The molecule has 0 aromatic rings. The third-order valence-corrected chi connectivity index (χ3v) is 3.25. The zero-order valence-corrected chi connectivity index (χ0v) is 13.9. The average Bonchev–Trinajstić information content (AvgIpc) is 2.29. The summed E-state index contributed by atoms with van der Waals surface area (Å²) in [5.41, 5.74) is -1.55. The fourth-order valence-corrected chi connectivity index (χ4v) is 2.02. The van der Waals surface area contributed by atoms with E-state index in [1.807, 2.05) is 20.8 Å². The van der Waals surface area contributed by atoms with Crippen molar-refractivity contribution in [2.24, 2.45) is 5.92 Å². The van der Waals surface area contributed by atoms with Crippen LogP contribution in [0.4, 0.5) is 0 Å². The number of esters is 1. The number of rotatable bonds is 3. The molecule has 0 radical (unpaired) electrons. The molecule has 0 saturated carbocycles. The number of carbonyl (C=O) groups excluding carboxylic acids is 1. The highest BCUT2D eigenvalue weighted by atomic mass is 16.7. The van der Waals surface area contributed by atoms with Crippen molar-refractivity contribution in [3.05, 3.63) is 0 Å². The van der Waals surface area contributed by atoms with Crippen molar-refractivity contribution < 1.29 is 29.2 Å². The third kappa shape index (κ3) is 4.64. The zero-order valence-electron chi connectivity index (χ0n) is 13.9. The molecule has 0 bridgehead atoms. The Bertz CT molecular complexity index is 371. The zero-order chi connectivity index (χ0) is 16.6. The summed E-state index contributed by atoms with van der Waals surface area (Å²) in [6, 6.07) is 0. The van der Waals surface area contributed by atoms with Crippen molar-refractivity contribution in [1.82, 2.24) is 0 Å². The van der Waals surface area contributed by atoms with E-state index in [1.165, 1.54) is 0 Å². The van der Waals surface area contributed by atoms with Crippen LogP contribution >= 0.6 is 0 Å². The molecule has 1 saturated heterocycles. The first-order valence-electron chi connectivity index (χ1n) is 7.27. The van der Waals surface area contributed by atoms with E-state index < -0.39 is 41.8 Å². The Labute approximate surface area is 126 Å². The first-order chi connectivity index (χ1) is 9.35. The van der Waals surface area contributed by atoms with E-state index in [9.17, 15) is 15.0 Å². The van der Waals surface area contributed by atoms with Crippen molar-refractivity contribution in [1.29, 1.82) is 0 Å². The van der Waals surface area contributed by atoms with Gasteiger partial charge in [0.1, 0.15) is 12.2 Å². The van der Waals surface area contributed by atoms with Crippen LogP contribution in [0.5, 0.6) is 0 Å². The minimum atomic E-state index is -1.27. The van der Waals surface area contributed by atoms with Crippen LogP contribution in [0.25, 0.3) is 0 Å². The maximum absolute atomic E-state index is 11.8. The quantitative estimate of drug-likeness (QED) is 0.763. The molecule has 0 aliphatic carbocycles. The summed E-state index contributed by atoms with van der Waals surface area (Å²) in [6.07, 6.45) is -4.46. The maximum Gasteiger partial charge on any atom is 0.308 e. The van der Waals surface area contributed by atoms with Gasteiger partial charge in [-0.2, -0.15) is 0 Å². The van der Waals surface area contributed by atoms with Gasteiger partial charge < -0.3 is 24.4 Å². The second-order valence-corrected chi connectivity index (χ2v) is 7.31. The predicted molar refractivity (Wildman–Crippen MR) is 76.5 cm³/mol. The smallest absolute Gasteiger partial charge is 0.308 e. The highest BCUT2D eigenvalue weighted by Crippen LogP contribution is 2.33. The van der Waals surface area contributed by atoms with E-state index in [4.69, 9.17) is 14.2 Å². The fourth-order valence-electron chi connectivity index (χ4n) is 2.02. The molecule has 6 heteroatoms. The Morgan fingerprint density at radius 1 is 1.24 bits per heavy atom. The van der Waals surface area contributed by atoms with Gasteiger partial charge in [0.2, 0.25) is 0 Å². The lowest BCUT2D eigenvalue weighted by Crippen LogP contribution is -2.64. The van der Waals surface area contributed by atoms with Gasteiger partial charge in [0.15, 0.2) is 12.4 Å². The van der Waals surface area contributed by atoms with Gasteiger partial charge in [-0.1, -0.05) is 13.8 Å². The first-order valence-corrected chi connectivity index (χ1v) is 7.27. The van der Waals surface area contributed by atoms with Crippen molar-refractivity contribution in [2.75, 3.05) is 0 Å². The van der Waals surface area contributed by atoms with E-state index >= 15 is 0 Å². The van der Waals surface area contributed by atoms with E-state index in [-0.39, 0.29) is 5.92 Å². The number of aliphatic hydroxyl groups is 2. The van der Waals surface area contributed by atoms with Crippen LogP contribution in [0.15, 0.2) is 0 Å². The summed E-state index contributed by atoms with van der Waals surface area (Å²) in [6.45, 7) is 12.2. The molecule has 124 valence electrons. The molecule has 21 heavy (non-hydrogen) atoms. The minimum Gasteiger partial charge on any atom is -0.454 e. The standard InChI is InChI=1S/C15H28O6/c1-8(2)12(18)19-10-9(16)11(17)15(6,7)21-13(10)20-14(3,4)5/h8-11,13,16-17H,1-7H3/t9-,10+,11+,13-/m1/s1. The number of aliphatic hydroxyl groups excluding tert-OH is 2. The third-order valence-electron chi connectivity index (χ3n) is 3.25. The molecule has 1 rings (SSSR count). The molecule has 4 atom stereocenters. The van der Waals surface area contributed by atoms with Gasteiger partial charge in [0, 0.05) is 0 Å². The fraction of sp³-hybridized carbons (Fsp3) is 0.933. The van der Waals surface area contributed by atoms with Crippen LogP contribution in [-0.2, 0) is 19.0 Å². The molecule has 1 heterocycles. The van der Waals surface area contributed by atoms with E-state index in [0.717, 1.165) is 0 Å². The Morgan fingerprint density at radius 2 is 1.76 bits per heavy atom. The number of ether oxygens (including phenoxy) is 3. The lowest BCUT2D eigenvalue weighted by atomic mass is 9.89. The lowest BCUT2D eigenvalue weighted by molar-refractivity contribution is -0.342. The largest absolute Gasteiger partial charge is 0.454 e. The summed E-state index contributed by atoms with van der Waals surface area (Å²) in [5, 5.41) is 20.4. The Balaban J connectivity index is 2.99. The molecule has 1 fully saturated rings. The van der Waals surface area contributed by atoms with Gasteiger partial charge in [-0.05, 0) is 34.6 Å². The van der Waals surface area contributed by atoms with Crippen LogP contribution in [0.3, 0.4) is 0 Å². The van der Waals surface area contributed by atoms with Gasteiger partial charge in [-0.3, -0.25) is 4.79 Å². The predicted octanol–water partition coefficient (Wildman–Crippen LogP) is 1.23. The van der Waals surface area contributed by atoms with Crippen LogP contribution in [0, 0.1) is 5.92 Å². The van der Waals surface area contributed by atoms with E-state index in [2.05, 4.69) is 0 Å². The monoisotopic (exact) mass is 304 g/mol. The molecule has 1 aliphatic rings. The molecule has 1 aliphatic heterocycles. The Hall–Kier alpha value is -0.690. The molecule has 2 N–H and O–H groups in total. The van der Waals surface area contributed by atoms with Gasteiger partial charge >= 0.3 is 5.97 Å². The van der Waals surface area contributed by atoms with Gasteiger partial charge in [-0.15, -0.1) is 0 Å². The summed E-state index contributed by atoms with van der Waals surface area (Å²) in [7, 11) is 0. The second kappa shape index (κ2) is 6.20. The van der Waals surface area contributed by atoms with Crippen LogP contribution < -0.4 is 0 Å². The van der Waals surface area contributed by atoms with E-state index in [0.29, 0.717) is 0 Å². The van der Waals surface area contributed by atoms with Crippen LogP contribution in [-0.4, -0.2) is 52.0 Å². The average molecular weight is 304 g/mol. The highest BCUT2D eigenvalue weighted by molar-refractivity contribution is 5.71. The molecule has 0 aromatic carbocycles. The Kier molecular flexibility index (Phi) is 5.42. The van der Waals surface area contributed by atoms with Crippen molar-refractivity contribution >= 4 is 5.97 Å². The number of hydrogen-bond donors (Lipinski definition) is 2. The Morgan fingerprint density at radius 3 is 2.19 bits per heavy atom. The SMILES string of the molecule is CC(C)C(=O)O[C@@H]1[C@H](OC(C)(C)C)OC(C)(C)[C@@H](O)[C@@H]1O. The molecular weight excluding hydrogens is 276 g/mol. The molecule has 0 spiro atoms. The lowest BCUT2D eigenvalue weighted by Gasteiger charge is -2.47. The van der Waals surface area contributed by atoms with Crippen LogP contribution in [0.2, 0.25) is 0 Å². The highest BCUT2D eigenvalue weighted by Gasteiger charge is 2.52. The summed E-state index contributed by atoms with van der Waals surface area (Å²) < 4.78 is 16.8. The van der Waals surface area contributed by atoms with E-state index in [1.54, 1.807) is 27.7 Å². The second-order valence-electron chi connectivity index (χ2n) is 7.31. The van der Waals surface area contributed by atoms with Crippen molar-refractivity contribution in [3.63, 3.8) is 0 Å². The maximum atomic E-state index is 11.8. The molecular formula is C15H28O6. The summed E-state index contributed by atoms with van der Waals surface area (Å²) >= 11 is 0. The van der Waals surface area contributed by atoms with Gasteiger partial charge in [0.05, 0.1) is 17.1 Å². The van der Waals surface area contributed by atoms with Crippen molar-refractivity contribution in [2.45, 2.75) is 84.3 Å². The topological polar surface area (TPSA) is 85.2 Å².